The summed E-state index contributed by atoms with van der Waals surface area (Å²) in [6.07, 6.45) is 7.13. The average Bonchev–Trinajstić information content (AvgIpc) is 3.27. The van der Waals surface area contributed by atoms with Gasteiger partial charge in [0.15, 0.2) is 0 Å². The van der Waals surface area contributed by atoms with Crippen LogP contribution < -0.4 is 14.8 Å². The Kier molecular flexibility index (Phi) is 5.67. The van der Waals surface area contributed by atoms with Gasteiger partial charge < -0.3 is 19.2 Å². The number of para-hydroxylation sites is 1. The molecule has 0 radical (unpaired) electrons. The number of nitrogens with one attached hydrogen (secondary N) is 1. The van der Waals surface area contributed by atoms with Crippen LogP contribution in [0.3, 0.4) is 0 Å². The van der Waals surface area contributed by atoms with Crippen LogP contribution >= 0.6 is 0 Å². The van der Waals surface area contributed by atoms with Crippen molar-refractivity contribution in [1.29, 1.82) is 0 Å². The number of ether oxygens (including phenoxy) is 2. The molecular formula is C26H20N4O3. The summed E-state index contributed by atoms with van der Waals surface area (Å²) in [7, 11) is 0. The standard InChI is InChI=1S/C26H20N4O3/c31-26(23-10-1-2-11-24(23)33-22-9-6-13-27-16-22)29-19-7-5-8-21(15-19)32-18-20-17-30-14-4-3-12-25(30)28-20/h1-17H,18H2,(H,29,31). The molecule has 3 aromatic heterocycles. The molecule has 7 nitrogen and oxygen atoms in total. The van der Waals surface area contributed by atoms with Gasteiger partial charge in [0, 0.05) is 30.3 Å². The number of aromatic nitrogens is 3. The summed E-state index contributed by atoms with van der Waals surface area (Å²) in [6.45, 7) is 0.320. The van der Waals surface area contributed by atoms with Crippen LogP contribution in [-0.2, 0) is 6.61 Å². The van der Waals surface area contributed by atoms with Crippen molar-refractivity contribution in [2.75, 3.05) is 5.32 Å². The lowest BCUT2D eigenvalue weighted by atomic mass is 10.2. The number of carbonyl (C=O) groups is 1. The fraction of sp³-hybridized carbons (Fsp3) is 0.0385. The molecule has 7 heteroatoms. The molecule has 0 aliphatic heterocycles. The number of imidazole rings is 1. The summed E-state index contributed by atoms with van der Waals surface area (Å²) < 4.78 is 13.7. The fourth-order valence-corrected chi connectivity index (χ4v) is 3.35. The van der Waals surface area contributed by atoms with E-state index in [0.29, 0.717) is 35.1 Å². The average molecular weight is 436 g/mol. The second-order valence-electron chi connectivity index (χ2n) is 7.26. The SMILES string of the molecule is O=C(Nc1cccc(OCc2cn3ccccc3n2)c1)c1ccccc1Oc1cccnc1. The first-order valence-corrected chi connectivity index (χ1v) is 10.4. The van der Waals surface area contributed by atoms with E-state index in [1.165, 1.54) is 0 Å². The molecule has 0 unspecified atom stereocenters. The van der Waals surface area contributed by atoms with Gasteiger partial charge in [-0.1, -0.05) is 24.3 Å². The minimum atomic E-state index is -0.285. The van der Waals surface area contributed by atoms with Gasteiger partial charge in [-0.15, -0.1) is 0 Å². The Hall–Kier alpha value is -4.65. The van der Waals surface area contributed by atoms with Crippen LogP contribution in [0.5, 0.6) is 17.2 Å². The quantitative estimate of drug-likeness (QED) is 0.372. The predicted molar refractivity (Wildman–Crippen MR) is 125 cm³/mol. The van der Waals surface area contributed by atoms with Crippen molar-refractivity contribution in [2.24, 2.45) is 0 Å². The zero-order chi connectivity index (χ0) is 22.5. The highest BCUT2D eigenvalue weighted by atomic mass is 16.5. The Morgan fingerprint density at radius 3 is 2.70 bits per heavy atom. The molecule has 0 bridgehead atoms. The third-order valence-corrected chi connectivity index (χ3v) is 4.89. The molecule has 0 atom stereocenters. The van der Waals surface area contributed by atoms with Crippen molar-refractivity contribution in [3.05, 3.63) is 115 Å². The van der Waals surface area contributed by atoms with Gasteiger partial charge in [-0.2, -0.15) is 0 Å². The Morgan fingerprint density at radius 1 is 0.939 bits per heavy atom. The Balaban J connectivity index is 1.27. The van der Waals surface area contributed by atoms with Crippen LogP contribution in [0, 0.1) is 0 Å². The summed E-state index contributed by atoms with van der Waals surface area (Å²) in [5.41, 5.74) is 2.71. The van der Waals surface area contributed by atoms with Crippen molar-refractivity contribution < 1.29 is 14.3 Å². The van der Waals surface area contributed by atoms with Crippen molar-refractivity contribution in [3.8, 4) is 17.2 Å². The highest BCUT2D eigenvalue weighted by molar-refractivity contribution is 6.06. The number of anilines is 1. The van der Waals surface area contributed by atoms with Crippen molar-refractivity contribution in [1.82, 2.24) is 14.4 Å². The molecule has 1 amide bonds. The van der Waals surface area contributed by atoms with Gasteiger partial charge in [0.25, 0.3) is 5.91 Å². The highest BCUT2D eigenvalue weighted by Crippen LogP contribution is 2.26. The first kappa shape index (κ1) is 20.3. The molecule has 5 rings (SSSR count). The maximum atomic E-state index is 13.0. The van der Waals surface area contributed by atoms with Crippen molar-refractivity contribution in [2.45, 2.75) is 6.61 Å². The van der Waals surface area contributed by atoms with Gasteiger partial charge >= 0.3 is 0 Å². The molecule has 0 saturated carbocycles. The fourth-order valence-electron chi connectivity index (χ4n) is 3.35. The summed E-state index contributed by atoms with van der Waals surface area (Å²) in [6, 6.07) is 23.7. The highest BCUT2D eigenvalue weighted by Gasteiger charge is 2.14. The third-order valence-electron chi connectivity index (χ3n) is 4.89. The summed E-state index contributed by atoms with van der Waals surface area (Å²) in [5, 5.41) is 2.91. The Morgan fingerprint density at radius 2 is 1.82 bits per heavy atom. The number of pyridine rings is 2. The number of amides is 1. The van der Waals surface area contributed by atoms with Gasteiger partial charge in [-0.25, -0.2) is 4.98 Å². The number of benzene rings is 2. The molecule has 33 heavy (non-hydrogen) atoms. The zero-order valence-electron chi connectivity index (χ0n) is 17.6. The van der Waals surface area contributed by atoms with E-state index in [-0.39, 0.29) is 5.91 Å². The lowest BCUT2D eigenvalue weighted by Crippen LogP contribution is -2.13. The maximum absolute atomic E-state index is 13.0. The molecule has 0 saturated heterocycles. The van der Waals surface area contributed by atoms with E-state index in [1.807, 2.05) is 53.2 Å². The minimum absolute atomic E-state index is 0.285. The van der Waals surface area contributed by atoms with Gasteiger partial charge in [0.1, 0.15) is 29.5 Å². The minimum Gasteiger partial charge on any atom is -0.487 e. The van der Waals surface area contributed by atoms with Crippen molar-refractivity contribution >= 4 is 17.2 Å². The second kappa shape index (κ2) is 9.23. The lowest BCUT2D eigenvalue weighted by Gasteiger charge is -2.12. The van der Waals surface area contributed by atoms with Crippen LogP contribution in [-0.4, -0.2) is 20.3 Å². The summed E-state index contributed by atoms with van der Waals surface area (Å²) in [5.74, 6) is 1.35. The molecule has 0 fully saturated rings. The van der Waals surface area contributed by atoms with E-state index in [4.69, 9.17) is 9.47 Å². The number of rotatable bonds is 7. The smallest absolute Gasteiger partial charge is 0.259 e. The van der Waals surface area contributed by atoms with Crippen LogP contribution in [0.2, 0.25) is 0 Å². The van der Waals surface area contributed by atoms with Crippen LogP contribution in [0.15, 0.2) is 104 Å². The van der Waals surface area contributed by atoms with E-state index < -0.39 is 0 Å². The molecule has 1 N–H and O–H groups in total. The first-order valence-electron chi connectivity index (χ1n) is 10.4. The van der Waals surface area contributed by atoms with E-state index in [9.17, 15) is 4.79 Å². The van der Waals surface area contributed by atoms with Crippen molar-refractivity contribution in [3.63, 3.8) is 0 Å². The maximum Gasteiger partial charge on any atom is 0.259 e. The molecule has 162 valence electrons. The Bertz CT molecular complexity index is 1370. The van der Waals surface area contributed by atoms with Gasteiger partial charge in [0.2, 0.25) is 0 Å². The number of hydrogen-bond acceptors (Lipinski definition) is 5. The zero-order valence-corrected chi connectivity index (χ0v) is 17.6. The summed E-state index contributed by atoms with van der Waals surface area (Å²) in [4.78, 5) is 21.5. The molecule has 3 heterocycles. The molecular weight excluding hydrogens is 416 g/mol. The number of fused-ring (bicyclic) bond motifs is 1. The van der Waals surface area contributed by atoms with Gasteiger partial charge in [0.05, 0.1) is 17.5 Å². The second-order valence-corrected chi connectivity index (χ2v) is 7.26. The number of carbonyl (C=O) groups excluding carboxylic acids is 1. The molecule has 0 aliphatic carbocycles. The Labute approximate surface area is 190 Å². The van der Waals surface area contributed by atoms with E-state index in [0.717, 1.165) is 11.3 Å². The molecule has 5 aromatic rings. The van der Waals surface area contributed by atoms with E-state index >= 15 is 0 Å². The topological polar surface area (TPSA) is 77.8 Å². The van der Waals surface area contributed by atoms with Gasteiger partial charge in [-0.05, 0) is 48.5 Å². The van der Waals surface area contributed by atoms with Crippen LogP contribution in [0.1, 0.15) is 16.1 Å². The van der Waals surface area contributed by atoms with Gasteiger partial charge in [-0.3, -0.25) is 9.78 Å². The monoisotopic (exact) mass is 436 g/mol. The summed E-state index contributed by atoms with van der Waals surface area (Å²) >= 11 is 0. The largest absolute Gasteiger partial charge is 0.487 e. The molecule has 2 aromatic carbocycles. The lowest BCUT2D eigenvalue weighted by molar-refractivity contribution is 0.102. The normalized spacial score (nSPS) is 10.7. The van der Waals surface area contributed by atoms with E-state index in [1.54, 1.807) is 54.9 Å². The molecule has 0 spiro atoms. The van der Waals surface area contributed by atoms with Crippen LogP contribution in [0.25, 0.3) is 5.65 Å². The number of nitrogens with zero attached hydrogens (tertiary/aromatic N) is 3. The first-order chi connectivity index (χ1) is 16.2. The van der Waals surface area contributed by atoms with E-state index in [2.05, 4.69) is 15.3 Å². The number of hydrogen-bond donors (Lipinski definition) is 1. The predicted octanol–water partition coefficient (Wildman–Crippen LogP) is 5.35. The third kappa shape index (κ3) is 4.83. The molecule has 0 aliphatic rings. The van der Waals surface area contributed by atoms with Crippen LogP contribution in [0.4, 0.5) is 5.69 Å².